The van der Waals surface area contributed by atoms with Gasteiger partial charge in [0, 0.05) is 12.1 Å². The van der Waals surface area contributed by atoms with Crippen molar-refractivity contribution in [2.24, 2.45) is 0 Å². The van der Waals surface area contributed by atoms with Gasteiger partial charge in [-0.1, -0.05) is 0 Å². The molecular weight excluding hydrogens is 214 g/mol. The van der Waals surface area contributed by atoms with Crippen LogP contribution in [-0.4, -0.2) is 34.9 Å². The van der Waals surface area contributed by atoms with Gasteiger partial charge < -0.3 is 10.1 Å². The van der Waals surface area contributed by atoms with E-state index in [0.717, 1.165) is 16.8 Å². The van der Waals surface area contributed by atoms with Gasteiger partial charge in [0.2, 0.25) is 5.91 Å². The van der Waals surface area contributed by atoms with Crippen LogP contribution in [0.25, 0.3) is 0 Å². The summed E-state index contributed by atoms with van der Waals surface area (Å²) < 4.78 is 5.86. The Balaban J connectivity index is 2.02. The van der Waals surface area contributed by atoms with Crippen molar-refractivity contribution in [3.05, 3.63) is 32.8 Å². The lowest BCUT2D eigenvalue weighted by Gasteiger charge is -2.26. The van der Waals surface area contributed by atoms with Gasteiger partial charge in [-0.25, -0.2) is 4.68 Å². The van der Waals surface area contributed by atoms with E-state index in [1.165, 1.54) is 0 Å². The van der Waals surface area contributed by atoms with Crippen LogP contribution in [0.1, 0.15) is 0 Å². The fraction of sp³-hybridized carbons (Fsp3) is 0.444. The first-order valence-electron chi connectivity index (χ1n) is 4.82. The van der Waals surface area contributed by atoms with Crippen LogP contribution in [-0.2, 0) is 16.1 Å². The summed E-state index contributed by atoms with van der Waals surface area (Å²) in [5, 5.41) is 4.94. The van der Waals surface area contributed by atoms with E-state index < -0.39 is 11.1 Å². The molecular formula is C9H11N3O4. The molecule has 0 atom stereocenters. The van der Waals surface area contributed by atoms with E-state index in [4.69, 9.17) is 4.74 Å². The van der Waals surface area contributed by atoms with Crippen LogP contribution in [0.5, 0.6) is 0 Å². The monoisotopic (exact) mass is 225 g/mol. The second-order valence-electron chi connectivity index (χ2n) is 3.54. The normalized spacial score (nSPS) is 15.5. The van der Waals surface area contributed by atoms with Gasteiger partial charge in [-0.15, -0.1) is 0 Å². The topological polar surface area (TPSA) is 93.2 Å². The lowest BCUT2D eigenvalue weighted by molar-refractivity contribution is -0.126. The Labute approximate surface area is 90.0 Å². The maximum absolute atomic E-state index is 11.4. The summed E-state index contributed by atoms with van der Waals surface area (Å²) in [6.07, 6.45) is 0. The lowest BCUT2D eigenvalue weighted by atomic mass is 10.2. The quantitative estimate of drug-likeness (QED) is 0.625. The molecule has 1 saturated heterocycles. The Kier molecular flexibility index (Phi) is 2.86. The Morgan fingerprint density at radius 2 is 2.25 bits per heavy atom. The first-order valence-corrected chi connectivity index (χ1v) is 4.82. The standard InChI is InChI=1S/C9H11N3O4/c13-7-1-2-9(15)12(11-7)3-8(14)10-6-4-16-5-6/h1-2,6H,3-5H2,(H,10,14)(H,11,13). The number of hydrogen-bond donors (Lipinski definition) is 2. The molecule has 86 valence electrons. The maximum Gasteiger partial charge on any atom is 0.265 e. The number of rotatable bonds is 3. The zero-order valence-corrected chi connectivity index (χ0v) is 8.43. The van der Waals surface area contributed by atoms with Gasteiger partial charge in [0.25, 0.3) is 11.1 Å². The summed E-state index contributed by atoms with van der Waals surface area (Å²) in [6, 6.07) is 2.26. The van der Waals surface area contributed by atoms with E-state index in [2.05, 4.69) is 10.4 Å². The number of carbonyl (C=O) groups excluding carboxylic acids is 1. The summed E-state index contributed by atoms with van der Waals surface area (Å²) in [5.41, 5.74) is -0.834. The van der Waals surface area contributed by atoms with Crippen LogP contribution in [0.15, 0.2) is 21.7 Å². The smallest absolute Gasteiger partial charge is 0.265 e. The minimum Gasteiger partial charge on any atom is -0.377 e. The SMILES string of the molecule is O=C(Cn1[nH]c(=O)ccc1=O)NC1COC1. The van der Waals surface area contributed by atoms with Crippen LogP contribution < -0.4 is 16.4 Å². The highest BCUT2D eigenvalue weighted by Crippen LogP contribution is 1.98. The van der Waals surface area contributed by atoms with Crippen LogP contribution >= 0.6 is 0 Å². The van der Waals surface area contributed by atoms with Crippen LogP contribution in [0.3, 0.4) is 0 Å². The largest absolute Gasteiger partial charge is 0.377 e. The first kappa shape index (κ1) is 10.6. The van der Waals surface area contributed by atoms with E-state index >= 15 is 0 Å². The van der Waals surface area contributed by atoms with Gasteiger partial charge >= 0.3 is 0 Å². The molecule has 1 fully saturated rings. The highest BCUT2D eigenvalue weighted by molar-refractivity contribution is 5.76. The van der Waals surface area contributed by atoms with Crippen molar-refractivity contribution in [1.82, 2.24) is 15.1 Å². The number of aromatic nitrogens is 2. The molecule has 0 aromatic carbocycles. The third-order valence-corrected chi connectivity index (χ3v) is 2.19. The zero-order valence-electron chi connectivity index (χ0n) is 8.43. The van der Waals surface area contributed by atoms with Crippen LogP contribution in [0.4, 0.5) is 0 Å². The highest BCUT2D eigenvalue weighted by Gasteiger charge is 2.20. The van der Waals surface area contributed by atoms with Crippen molar-refractivity contribution >= 4 is 5.91 Å². The molecule has 2 heterocycles. The van der Waals surface area contributed by atoms with Crippen molar-refractivity contribution in [2.45, 2.75) is 12.6 Å². The molecule has 7 nitrogen and oxygen atoms in total. The number of nitrogens with one attached hydrogen (secondary N) is 2. The molecule has 1 aromatic heterocycles. The third-order valence-electron chi connectivity index (χ3n) is 2.19. The van der Waals surface area contributed by atoms with Gasteiger partial charge in [-0.2, -0.15) is 0 Å². The Hall–Kier alpha value is -1.89. The van der Waals surface area contributed by atoms with Gasteiger partial charge in [0.1, 0.15) is 6.54 Å². The van der Waals surface area contributed by atoms with E-state index in [9.17, 15) is 14.4 Å². The predicted molar refractivity (Wildman–Crippen MR) is 54.1 cm³/mol. The number of carbonyl (C=O) groups is 1. The van der Waals surface area contributed by atoms with Gasteiger partial charge in [-0.3, -0.25) is 19.5 Å². The van der Waals surface area contributed by atoms with E-state index in [1.807, 2.05) is 0 Å². The molecule has 1 amide bonds. The fourth-order valence-electron chi connectivity index (χ4n) is 1.32. The summed E-state index contributed by atoms with van der Waals surface area (Å²) in [4.78, 5) is 33.6. The second-order valence-corrected chi connectivity index (χ2v) is 3.54. The van der Waals surface area contributed by atoms with Gasteiger partial charge in [-0.05, 0) is 0 Å². The van der Waals surface area contributed by atoms with Crippen LogP contribution in [0, 0.1) is 0 Å². The Morgan fingerprint density at radius 3 is 2.88 bits per heavy atom. The molecule has 0 saturated carbocycles. The average molecular weight is 225 g/mol. The predicted octanol–water partition coefficient (Wildman–Crippen LogP) is -1.95. The van der Waals surface area contributed by atoms with Crippen molar-refractivity contribution in [1.29, 1.82) is 0 Å². The molecule has 2 N–H and O–H groups in total. The Bertz CT molecular complexity index is 500. The van der Waals surface area contributed by atoms with Crippen molar-refractivity contribution in [3.8, 4) is 0 Å². The highest BCUT2D eigenvalue weighted by atomic mass is 16.5. The molecule has 0 bridgehead atoms. The molecule has 1 aliphatic rings. The van der Waals surface area contributed by atoms with Crippen molar-refractivity contribution in [2.75, 3.05) is 13.2 Å². The third kappa shape index (κ3) is 2.37. The lowest BCUT2D eigenvalue weighted by Crippen LogP contribution is -2.50. The molecule has 16 heavy (non-hydrogen) atoms. The molecule has 0 aliphatic carbocycles. The van der Waals surface area contributed by atoms with Gasteiger partial charge in [0.15, 0.2) is 0 Å². The average Bonchev–Trinajstić information content (AvgIpc) is 2.18. The number of nitrogens with zero attached hydrogens (tertiary/aromatic N) is 1. The number of hydrogen-bond acceptors (Lipinski definition) is 4. The zero-order chi connectivity index (χ0) is 11.5. The minimum absolute atomic E-state index is 0.0126. The Morgan fingerprint density at radius 1 is 1.50 bits per heavy atom. The van der Waals surface area contributed by atoms with E-state index in [-0.39, 0.29) is 18.5 Å². The fourth-order valence-corrected chi connectivity index (χ4v) is 1.32. The van der Waals surface area contributed by atoms with Crippen molar-refractivity contribution in [3.63, 3.8) is 0 Å². The number of aromatic amines is 1. The molecule has 7 heteroatoms. The van der Waals surface area contributed by atoms with Crippen molar-refractivity contribution < 1.29 is 9.53 Å². The molecule has 2 rings (SSSR count). The minimum atomic E-state index is -0.417. The molecule has 0 radical (unpaired) electrons. The van der Waals surface area contributed by atoms with Gasteiger partial charge in [0.05, 0.1) is 19.3 Å². The molecule has 1 aliphatic heterocycles. The van der Waals surface area contributed by atoms with E-state index in [0.29, 0.717) is 13.2 Å². The number of amides is 1. The molecule has 0 spiro atoms. The maximum atomic E-state index is 11.4. The summed E-state index contributed by atoms with van der Waals surface area (Å²) in [6.45, 7) is 0.795. The van der Waals surface area contributed by atoms with Crippen LogP contribution in [0.2, 0.25) is 0 Å². The number of H-pyrrole nitrogens is 1. The number of ether oxygens (including phenoxy) is 1. The second kappa shape index (κ2) is 4.31. The summed E-state index contributed by atoms with van der Waals surface area (Å²) in [5.74, 6) is -0.322. The first-order chi connectivity index (χ1) is 7.65. The summed E-state index contributed by atoms with van der Waals surface area (Å²) >= 11 is 0. The molecule has 1 aromatic rings. The van der Waals surface area contributed by atoms with E-state index in [1.54, 1.807) is 0 Å². The molecule has 0 unspecified atom stereocenters. The summed E-state index contributed by atoms with van der Waals surface area (Å²) in [7, 11) is 0.